The van der Waals surface area contributed by atoms with Gasteiger partial charge in [-0.2, -0.15) is 13.2 Å². The lowest BCUT2D eigenvalue weighted by molar-refractivity contribution is -0.383. The van der Waals surface area contributed by atoms with E-state index >= 15 is 0 Å². The Morgan fingerprint density at radius 1 is 1.27 bits per heavy atom. The number of nitrogens with one attached hydrogen (secondary N) is 2. The van der Waals surface area contributed by atoms with Crippen molar-refractivity contribution in [1.82, 2.24) is 9.97 Å². The second kappa shape index (κ2) is 8.17. The van der Waals surface area contributed by atoms with Crippen molar-refractivity contribution in [2.75, 3.05) is 17.2 Å². The monoisotopic (exact) mass is 389 g/mol. The van der Waals surface area contributed by atoms with Crippen LogP contribution in [0.3, 0.4) is 0 Å². The first-order valence-corrected chi connectivity index (χ1v) is 7.98. The number of nitrogens with zero attached hydrogens (tertiary/aromatic N) is 3. The van der Waals surface area contributed by atoms with Gasteiger partial charge in [0.05, 0.1) is 15.5 Å². The number of halogens is 4. The fraction of sp³-hybridized carbons (Fsp3) is 0.333. The summed E-state index contributed by atoms with van der Waals surface area (Å²) < 4.78 is 38.9. The van der Waals surface area contributed by atoms with Gasteiger partial charge in [-0.3, -0.25) is 10.1 Å². The summed E-state index contributed by atoms with van der Waals surface area (Å²) in [5.74, 6) is -0.231. The molecule has 2 N–H and O–H groups in total. The molecule has 0 aliphatic heterocycles. The largest absolute Gasteiger partial charge is 0.417 e. The topological polar surface area (TPSA) is 93.0 Å². The van der Waals surface area contributed by atoms with Crippen LogP contribution in [0.5, 0.6) is 0 Å². The number of unbranched alkanes of at least 4 members (excludes halogenated alkanes) is 1. The molecule has 1 heterocycles. The third-order valence-electron chi connectivity index (χ3n) is 3.36. The predicted octanol–water partition coefficient (Wildman–Crippen LogP) is 5.01. The van der Waals surface area contributed by atoms with E-state index in [9.17, 15) is 23.3 Å². The van der Waals surface area contributed by atoms with E-state index in [0.29, 0.717) is 6.54 Å². The SMILES string of the molecule is CCCCNc1ncnc(Nc2ccc(Cl)c(C(F)(F)F)c2)c1[N+](=O)[O-]. The third kappa shape index (κ3) is 4.72. The van der Waals surface area contributed by atoms with Crippen molar-refractivity contribution in [1.29, 1.82) is 0 Å². The summed E-state index contributed by atoms with van der Waals surface area (Å²) in [6, 6.07) is 3.09. The molecular weight excluding hydrogens is 375 g/mol. The van der Waals surface area contributed by atoms with Crippen LogP contribution in [0.4, 0.5) is 36.2 Å². The Kier molecular flexibility index (Phi) is 6.19. The molecule has 7 nitrogen and oxygen atoms in total. The van der Waals surface area contributed by atoms with E-state index in [1.165, 1.54) is 6.07 Å². The van der Waals surface area contributed by atoms with Crippen molar-refractivity contribution in [2.24, 2.45) is 0 Å². The lowest BCUT2D eigenvalue weighted by Crippen LogP contribution is -2.10. The summed E-state index contributed by atoms with van der Waals surface area (Å²) >= 11 is 5.57. The van der Waals surface area contributed by atoms with E-state index in [4.69, 9.17) is 11.6 Å². The molecular formula is C15H15ClF3N5O2. The molecule has 0 radical (unpaired) electrons. The quantitative estimate of drug-likeness (QED) is 0.392. The van der Waals surface area contributed by atoms with Crippen LogP contribution >= 0.6 is 11.6 Å². The molecule has 0 bridgehead atoms. The molecule has 0 aliphatic carbocycles. The Hall–Kier alpha value is -2.62. The smallest absolute Gasteiger partial charge is 0.364 e. The molecule has 11 heteroatoms. The highest BCUT2D eigenvalue weighted by Crippen LogP contribution is 2.37. The minimum Gasteiger partial charge on any atom is -0.364 e. The van der Waals surface area contributed by atoms with Gasteiger partial charge in [-0.1, -0.05) is 24.9 Å². The molecule has 1 aromatic heterocycles. The van der Waals surface area contributed by atoms with Crippen LogP contribution in [0, 0.1) is 10.1 Å². The van der Waals surface area contributed by atoms with Crippen LogP contribution < -0.4 is 10.6 Å². The van der Waals surface area contributed by atoms with Gasteiger partial charge in [0.2, 0.25) is 11.6 Å². The molecule has 0 atom stereocenters. The maximum Gasteiger partial charge on any atom is 0.417 e. The van der Waals surface area contributed by atoms with Crippen LogP contribution in [0.15, 0.2) is 24.5 Å². The molecule has 0 saturated heterocycles. The second-order valence-electron chi connectivity index (χ2n) is 5.27. The van der Waals surface area contributed by atoms with E-state index in [2.05, 4.69) is 20.6 Å². The Labute approximate surface area is 151 Å². The lowest BCUT2D eigenvalue weighted by Gasteiger charge is -2.13. The number of rotatable bonds is 7. The summed E-state index contributed by atoms with van der Waals surface area (Å²) in [5, 5.41) is 16.3. The van der Waals surface area contributed by atoms with Crippen LogP contribution in [0.1, 0.15) is 25.3 Å². The third-order valence-corrected chi connectivity index (χ3v) is 3.69. The Bertz CT molecular complexity index is 801. The highest BCUT2D eigenvalue weighted by atomic mass is 35.5. The van der Waals surface area contributed by atoms with Gasteiger partial charge >= 0.3 is 11.9 Å². The van der Waals surface area contributed by atoms with Crippen LogP contribution in [-0.4, -0.2) is 21.4 Å². The van der Waals surface area contributed by atoms with Gasteiger partial charge in [-0.25, -0.2) is 9.97 Å². The molecule has 0 amide bonds. The first-order chi connectivity index (χ1) is 12.2. The first kappa shape index (κ1) is 19.7. The Morgan fingerprint density at radius 3 is 2.58 bits per heavy atom. The number of hydrogen-bond acceptors (Lipinski definition) is 6. The van der Waals surface area contributed by atoms with E-state index in [0.717, 1.165) is 31.3 Å². The highest BCUT2D eigenvalue weighted by molar-refractivity contribution is 6.31. The minimum atomic E-state index is -4.65. The molecule has 0 fully saturated rings. The molecule has 2 aromatic rings. The minimum absolute atomic E-state index is 0.00837. The van der Waals surface area contributed by atoms with Crippen molar-refractivity contribution in [2.45, 2.75) is 25.9 Å². The van der Waals surface area contributed by atoms with E-state index in [1.54, 1.807) is 0 Å². The van der Waals surface area contributed by atoms with Gasteiger partial charge in [0.15, 0.2) is 0 Å². The zero-order valence-electron chi connectivity index (χ0n) is 13.6. The number of nitro groups is 1. The van der Waals surface area contributed by atoms with Gasteiger partial charge in [-0.05, 0) is 24.6 Å². The van der Waals surface area contributed by atoms with Gasteiger partial charge in [0.1, 0.15) is 6.33 Å². The fourth-order valence-corrected chi connectivity index (χ4v) is 2.34. The van der Waals surface area contributed by atoms with Crippen molar-refractivity contribution in [3.63, 3.8) is 0 Å². The van der Waals surface area contributed by atoms with Crippen molar-refractivity contribution in [3.8, 4) is 0 Å². The average molecular weight is 390 g/mol. The van der Waals surface area contributed by atoms with Crippen LogP contribution in [-0.2, 0) is 6.18 Å². The normalized spacial score (nSPS) is 11.3. The summed E-state index contributed by atoms with van der Waals surface area (Å²) in [7, 11) is 0. The fourth-order valence-electron chi connectivity index (χ4n) is 2.11. The number of hydrogen-bond donors (Lipinski definition) is 2. The first-order valence-electron chi connectivity index (χ1n) is 7.61. The van der Waals surface area contributed by atoms with E-state index < -0.39 is 27.4 Å². The van der Waals surface area contributed by atoms with Crippen molar-refractivity contribution >= 4 is 34.6 Å². The molecule has 2 rings (SSSR count). The molecule has 1 aromatic carbocycles. The number of anilines is 3. The average Bonchev–Trinajstić information content (AvgIpc) is 2.55. The van der Waals surface area contributed by atoms with E-state index in [-0.39, 0.29) is 17.3 Å². The van der Waals surface area contributed by atoms with E-state index in [1.807, 2.05) is 6.92 Å². The highest BCUT2D eigenvalue weighted by Gasteiger charge is 2.33. The zero-order valence-corrected chi connectivity index (χ0v) is 14.4. The lowest BCUT2D eigenvalue weighted by atomic mass is 10.2. The number of aromatic nitrogens is 2. The standard InChI is InChI=1S/C15H15ClF3N5O2/c1-2-3-6-20-13-12(24(25)26)14(22-8-21-13)23-9-4-5-11(16)10(7-9)15(17,18)19/h4-5,7-8H,2-3,6H2,1H3,(H2,20,21,22,23). The number of benzene rings is 1. The molecule has 140 valence electrons. The van der Waals surface area contributed by atoms with Crippen LogP contribution in [0.25, 0.3) is 0 Å². The van der Waals surface area contributed by atoms with Gasteiger partial charge < -0.3 is 10.6 Å². The number of alkyl halides is 3. The maximum absolute atomic E-state index is 13.0. The van der Waals surface area contributed by atoms with Crippen molar-refractivity contribution in [3.05, 3.63) is 45.2 Å². The summed E-state index contributed by atoms with van der Waals surface area (Å²) in [4.78, 5) is 18.3. The van der Waals surface area contributed by atoms with Gasteiger partial charge in [0.25, 0.3) is 0 Å². The summed E-state index contributed by atoms with van der Waals surface area (Å²) in [5.41, 5.74) is -1.54. The summed E-state index contributed by atoms with van der Waals surface area (Å²) in [6.07, 6.45) is -1.92. The Morgan fingerprint density at radius 2 is 1.96 bits per heavy atom. The molecule has 0 spiro atoms. The maximum atomic E-state index is 13.0. The molecule has 0 unspecified atom stereocenters. The predicted molar refractivity (Wildman–Crippen MR) is 91.8 cm³/mol. The molecule has 0 aliphatic rings. The van der Waals surface area contributed by atoms with Gasteiger partial charge in [-0.15, -0.1) is 0 Å². The summed E-state index contributed by atoms with van der Waals surface area (Å²) in [6.45, 7) is 2.43. The molecule has 26 heavy (non-hydrogen) atoms. The zero-order chi connectivity index (χ0) is 19.3. The van der Waals surface area contributed by atoms with Crippen molar-refractivity contribution < 1.29 is 18.1 Å². The Balaban J connectivity index is 2.37. The molecule has 0 saturated carbocycles. The van der Waals surface area contributed by atoms with Crippen LogP contribution in [0.2, 0.25) is 5.02 Å². The second-order valence-corrected chi connectivity index (χ2v) is 5.68. The van der Waals surface area contributed by atoms with Gasteiger partial charge in [0, 0.05) is 12.2 Å².